The number of methoxy groups -OCH3 is 1. The molecule has 0 saturated carbocycles. The van der Waals surface area contributed by atoms with E-state index in [0.717, 1.165) is 6.07 Å². The highest BCUT2D eigenvalue weighted by atomic mass is 19.3. The minimum atomic E-state index is -2.96. The fraction of sp³-hybridized carbons (Fsp3) is 0.500. The van der Waals surface area contributed by atoms with Crippen LogP contribution < -0.4 is 10.9 Å². The van der Waals surface area contributed by atoms with E-state index in [4.69, 9.17) is 9.47 Å². The molecule has 3 heterocycles. The molecule has 4 rings (SSSR count). The number of alkyl halides is 2. The van der Waals surface area contributed by atoms with Crippen molar-refractivity contribution in [2.45, 2.75) is 64.7 Å². The van der Waals surface area contributed by atoms with Crippen molar-refractivity contribution in [1.29, 1.82) is 0 Å². The van der Waals surface area contributed by atoms with Crippen LogP contribution in [0.5, 0.6) is 0 Å². The predicted molar refractivity (Wildman–Crippen MR) is 144 cm³/mol. The number of hydrogen-bond donors (Lipinski definition) is 1. The number of carbonyl (C=O) groups is 1. The van der Waals surface area contributed by atoms with Crippen molar-refractivity contribution < 1.29 is 27.4 Å². The summed E-state index contributed by atoms with van der Waals surface area (Å²) in [5.41, 5.74) is -1.49. The zero-order valence-corrected chi connectivity index (χ0v) is 23.6. The summed E-state index contributed by atoms with van der Waals surface area (Å²) in [5, 5.41) is 12.0. The van der Waals surface area contributed by atoms with Gasteiger partial charge in [-0.3, -0.25) is 4.79 Å². The van der Waals surface area contributed by atoms with Gasteiger partial charge in [0, 0.05) is 38.1 Å². The van der Waals surface area contributed by atoms with Gasteiger partial charge in [0.25, 0.3) is 12.0 Å². The summed E-state index contributed by atoms with van der Waals surface area (Å²) in [6.07, 6.45) is -3.11. The van der Waals surface area contributed by atoms with Gasteiger partial charge in [-0.1, -0.05) is 18.2 Å². The number of pyridine rings is 1. The van der Waals surface area contributed by atoms with Crippen LogP contribution in [0.4, 0.5) is 23.8 Å². The van der Waals surface area contributed by atoms with Crippen molar-refractivity contribution in [2.24, 2.45) is 7.05 Å². The number of carbonyl (C=O) groups excluding carboxylic acids is 1. The number of aryl methyl sites for hydroxylation is 2. The van der Waals surface area contributed by atoms with Crippen LogP contribution >= 0.6 is 0 Å². The van der Waals surface area contributed by atoms with Gasteiger partial charge in [-0.05, 0) is 40.7 Å². The zero-order chi connectivity index (χ0) is 29.6. The Morgan fingerprint density at radius 1 is 1.20 bits per heavy atom. The Labute approximate surface area is 230 Å². The average molecular weight is 562 g/mol. The summed E-state index contributed by atoms with van der Waals surface area (Å²) >= 11 is 0. The molecule has 1 saturated heterocycles. The highest BCUT2D eigenvalue weighted by molar-refractivity contribution is 5.91. The largest absolute Gasteiger partial charge is 0.444 e. The van der Waals surface area contributed by atoms with E-state index < -0.39 is 41.1 Å². The quantitative estimate of drug-likeness (QED) is 0.432. The summed E-state index contributed by atoms with van der Waals surface area (Å²) in [6.45, 7) is 9.07. The molecule has 1 amide bonds. The number of nitrogens with one attached hydrogen (secondary N) is 1. The summed E-state index contributed by atoms with van der Waals surface area (Å²) in [4.78, 5) is 27.9. The number of halogens is 3. The number of anilines is 1. The van der Waals surface area contributed by atoms with Gasteiger partial charge in [-0.25, -0.2) is 18.0 Å². The number of aromatic nitrogens is 3. The van der Waals surface area contributed by atoms with E-state index in [9.17, 15) is 22.8 Å². The molecule has 9 nitrogen and oxygen atoms in total. The van der Waals surface area contributed by atoms with Crippen LogP contribution in [0.3, 0.4) is 0 Å². The van der Waals surface area contributed by atoms with E-state index in [1.54, 1.807) is 47.7 Å². The second kappa shape index (κ2) is 10.7. The molecule has 1 aromatic carbocycles. The Bertz CT molecular complexity index is 1500. The Balaban J connectivity index is 1.78. The molecule has 40 heavy (non-hydrogen) atoms. The maximum absolute atomic E-state index is 14.9. The molecule has 0 bridgehead atoms. The maximum Gasteiger partial charge on any atom is 0.410 e. The van der Waals surface area contributed by atoms with E-state index in [-0.39, 0.29) is 23.5 Å². The molecular weight excluding hydrogens is 527 g/mol. The summed E-state index contributed by atoms with van der Waals surface area (Å²) < 4.78 is 54.3. The first-order valence-corrected chi connectivity index (χ1v) is 12.9. The predicted octanol–water partition coefficient (Wildman–Crippen LogP) is 5.37. The number of rotatable bonds is 6. The highest BCUT2D eigenvalue weighted by Gasteiger charge is 2.45. The molecule has 1 aliphatic rings. The van der Waals surface area contributed by atoms with Gasteiger partial charge in [0.15, 0.2) is 5.82 Å². The van der Waals surface area contributed by atoms with Crippen LogP contribution in [0.25, 0.3) is 10.9 Å². The third-order valence-corrected chi connectivity index (χ3v) is 7.19. The fourth-order valence-corrected chi connectivity index (χ4v) is 5.13. The van der Waals surface area contributed by atoms with Gasteiger partial charge in [0.2, 0.25) is 0 Å². The number of ether oxygens (including phenoxy) is 2. The van der Waals surface area contributed by atoms with Gasteiger partial charge in [-0.2, -0.15) is 5.10 Å². The Morgan fingerprint density at radius 3 is 2.50 bits per heavy atom. The smallest absolute Gasteiger partial charge is 0.410 e. The van der Waals surface area contributed by atoms with E-state index >= 15 is 0 Å². The third-order valence-electron chi connectivity index (χ3n) is 7.19. The lowest BCUT2D eigenvalue weighted by Gasteiger charge is -2.30. The van der Waals surface area contributed by atoms with Gasteiger partial charge >= 0.3 is 6.09 Å². The molecule has 0 radical (unpaired) electrons. The molecule has 12 heteroatoms. The number of fused-ring (bicyclic) bond motifs is 1. The number of amides is 1. The van der Waals surface area contributed by atoms with Crippen molar-refractivity contribution in [3.63, 3.8) is 0 Å². The lowest BCUT2D eigenvalue weighted by Crippen LogP contribution is -2.42. The molecule has 1 N–H and O–H groups in total. The van der Waals surface area contributed by atoms with Gasteiger partial charge in [0.05, 0.1) is 34.9 Å². The monoisotopic (exact) mass is 561 g/mol. The van der Waals surface area contributed by atoms with Crippen LogP contribution in [0.1, 0.15) is 69.0 Å². The number of nitrogens with zero attached hydrogens (tertiary/aromatic N) is 4. The minimum absolute atomic E-state index is 0.0375. The molecule has 0 aliphatic carbocycles. The Hall–Kier alpha value is -3.67. The van der Waals surface area contributed by atoms with Crippen molar-refractivity contribution in [1.82, 2.24) is 19.7 Å². The van der Waals surface area contributed by atoms with Crippen molar-refractivity contribution in [3.05, 3.63) is 62.8 Å². The zero-order valence-electron chi connectivity index (χ0n) is 23.6. The van der Waals surface area contributed by atoms with E-state index in [0.29, 0.717) is 35.1 Å². The van der Waals surface area contributed by atoms with Crippen LogP contribution in [0, 0.1) is 12.7 Å². The molecule has 216 valence electrons. The molecule has 1 aliphatic heterocycles. The SMILES string of the molecule is COC1(c2cc3c(N[C@H](C)c4cccc(C(F)F)c4F)nnc(C)c3n(C)c2=O)CCN(C(=O)OC(C)(C)C)C1. The molecule has 1 unspecified atom stereocenters. The number of hydrogen-bond acceptors (Lipinski definition) is 7. The maximum atomic E-state index is 14.9. The first-order chi connectivity index (χ1) is 18.7. The van der Waals surface area contributed by atoms with E-state index in [2.05, 4.69) is 15.5 Å². The summed E-state index contributed by atoms with van der Waals surface area (Å²) in [7, 11) is 3.09. The molecular formula is C28H34F3N5O4. The molecule has 3 aromatic rings. The standard InChI is InChI=1S/C28H34F3N5O4/c1-15(17-9-8-10-18(21(17)29)23(30)31)32-24-19-13-20(25(37)35(6)22(19)16(2)33-34-24)28(39-7)11-12-36(14-28)26(38)40-27(3,4)5/h8-10,13,15,23H,11-12,14H2,1-7H3,(H,32,34)/t15-,28?/m1/s1. The first-order valence-electron chi connectivity index (χ1n) is 12.9. The topological polar surface area (TPSA) is 98.6 Å². The number of benzene rings is 1. The molecule has 2 atom stereocenters. The molecule has 1 fully saturated rings. The molecule has 0 spiro atoms. The minimum Gasteiger partial charge on any atom is -0.444 e. The second-order valence-electron chi connectivity index (χ2n) is 11.1. The van der Waals surface area contributed by atoms with Crippen LogP contribution in [0.2, 0.25) is 0 Å². The van der Waals surface area contributed by atoms with E-state index in [1.165, 1.54) is 28.7 Å². The summed E-state index contributed by atoms with van der Waals surface area (Å²) in [5.74, 6) is -0.762. The van der Waals surface area contributed by atoms with Crippen molar-refractivity contribution in [3.8, 4) is 0 Å². The van der Waals surface area contributed by atoms with Gasteiger partial charge < -0.3 is 24.3 Å². The normalized spacial score (nSPS) is 18.4. The fourth-order valence-electron chi connectivity index (χ4n) is 5.13. The van der Waals surface area contributed by atoms with Crippen LogP contribution in [-0.4, -0.2) is 51.6 Å². The van der Waals surface area contributed by atoms with Crippen molar-refractivity contribution in [2.75, 3.05) is 25.5 Å². The van der Waals surface area contributed by atoms with Gasteiger partial charge in [-0.15, -0.1) is 5.10 Å². The Morgan fingerprint density at radius 2 is 1.88 bits per heavy atom. The van der Waals surface area contributed by atoms with Crippen LogP contribution in [-0.2, 0) is 22.1 Å². The molecule has 2 aromatic heterocycles. The lowest BCUT2D eigenvalue weighted by molar-refractivity contribution is -0.0140. The Kier molecular flexibility index (Phi) is 7.85. The van der Waals surface area contributed by atoms with Gasteiger partial charge in [0.1, 0.15) is 17.0 Å². The summed E-state index contributed by atoms with van der Waals surface area (Å²) in [6, 6.07) is 4.74. The average Bonchev–Trinajstić information content (AvgIpc) is 3.32. The van der Waals surface area contributed by atoms with Crippen LogP contribution in [0.15, 0.2) is 29.1 Å². The second-order valence-corrected chi connectivity index (χ2v) is 11.1. The first kappa shape index (κ1) is 29.3. The number of likely N-dealkylation sites (tertiary alicyclic amines) is 1. The lowest BCUT2D eigenvalue weighted by atomic mass is 9.92. The van der Waals surface area contributed by atoms with Crippen molar-refractivity contribution >= 4 is 22.8 Å². The van der Waals surface area contributed by atoms with E-state index in [1.807, 2.05) is 0 Å². The third kappa shape index (κ3) is 5.36. The highest BCUT2D eigenvalue weighted by Crippen LogP contribution is 2.37.